The molecule has 0 aliphatic carbocycles. The molecule has 0 aromatic carbocycles. The van der Waals surface area contributed by atoms with Crippen LogP contribution in [0.4, 0.5) is 0 Å². The Bertz CT molecular complexity index is 280. The highest BCUT2D eigenvalue weighted by Crippen LogP contribution is 2.19. The summed E-state index contributed by atoms with van der Waals surface area (Å²) in [6.45, 7) is 5.54. The highest BCUT2D eigenvalue weighted by Gasteiger charge is 2.13. The van der Waals surface area contributed by atoms with E-state index in [0.29, 0.717) is 6.04 Å². The minimum atomic E-state index is 0.471. The smallest absolute Gasteiger partial charge is 0.0550 e. The van der Waals surface area contributed by atoms with Crippen LogP contribution in [0.5, 0.6) is 0 Å². The van der Waals surface area contributed by atoms with Crippen LogP contribution in [0.3, 0.4) is 0 Å². The van der Waals surface area contributed by atoms with Gasteiger partial charge in [0.05, 0.1) is 5.69 Å². The molecule has 0 saturated heterocycles. The maximum absolute atomic E-state index is 4.25. The molecule has 3 nitrogen and oxygen atoms in total. The summed E-state index contributed by atoms with van der Waals surface area (Å²) in [6.07, 6.45) is 8.18. The van der Waals surface area contributed by atoms with E-state index in [1.54, 1.807) is 0 Å². The minimum Gasteiger partial charge on any atom is -0.309 e. The number of hydrogen-bond acceptors (Lipinski definition) is 2. The Kier molecular flexibility index (Phi) is 6.16. The van der Waals surface area contributed by atoms with E-state index in [1.165, 1.54) is 37.8 Å². The molecule has 1 unspecified atom stereocenters. The van der Waals surface area contributed by atoms with Gasteiger partial charge in [0.2, 0.25) is 0 Å². The molecule has 0 aliphatic heterocycles. The topological polar surface area (TPSA) is 29.9 Å². The molecule has 0 fully saturated rings. The molecule has 0 amide bonds. The number of nitrogens with one attached hydrogen (secondary N) is 1. The first-order valence-corrected chi connectivity index (χ1v) is 6.50. The highest BCUT2D eigenvalue weighted by molar-refractivity contribution is 5.06. The van der Waals surface area contributed by atoms with Crippen LogP contribution in [0.1, 0.15) is 57.7 Å². The maximum Gasteiger partial charge on any atom is 0.0550 e. The molecule has 92 valence electrons. The molecule has 1 N–H and O–H groups in total. The average molecular weight is 223 g/mol. The van der Waals surface area contributed by atoms with Gasteiger partial charge in [0.15, 0.2) is 0 Å². The summed E-state index contributed by atoms with van der Waals surface area (Å²) in [5, 5.41) is 7.86. The number of hydrogen-bond donors (Lipinski definition) is 1. The Hall–Kier alpha value is -0.830. The molecule has 1 heterocycles. The molecule has 0 saturated carbocycles. The van der Waals surface area contributed by atoms with Crippen LogP contribution < -0.4 is 5.32 Å². The van der Waals surface area contributed by atoms with E-state index in [-0.39, 0.29) is 0 Å². The molecule has 1 rings (SSSR count). The monoisotopic (exact) mass is 223 g/mol. The zero-order chi connectivity index (χ0) is 11.8. The van der Waals surface area contributed by atoms with Crippen molar-refractivity contribution >= 4 is 0 Å². The van der Waals surface area contributed by atoms with Crippen molar-refractivity contribution < 1.29 is 0 Å². The predicted molar refractivity (Wildman–Crippen MR) is 68.4 cm³/mol. The molecule has 1 atom stereocenters. The summed E-state index contributed by atoms with van der Waals surface area (Å²) in [5.74, 6) is 0. The molecular formula is C13H25N3. The zero-order valence-corrected chi connectivity index (χ0v) is 10.9. The van der Waals surface area contributed by atoms with Gasteiger partial charge in [-0.25, -0.2) is 0 Å². The maximum atomic E-state index is 4.25. The second-order valence-corrected chi connectivity index (χ2v) is 4.38. The summed E-state index contributed by atoms with van der Waals surface area (Å²) >= 11 is 0. The second kappa shape index (κ2) is 7.44. The van der Waals surface area contributed by atoms with Gasteiger partial charge in [0, 0.05) is 19.3 Å². The summed E-state index contributed by atoms with van der Waals surface area (Å²) in [6, 6.07) is 2.60. The third kappa shape index (κ3) is 3.97. The first kappa shape index (κ1) is 13.2. The summed E-state index contributed by atoms with van der Waals surface area (Å²) in [5.41, 5.74) is 1.31. The summed E-state index contributed by atoms with van der Waals surface area (Å²) < 4.78 is 1.99. The first-order chi connectivity index (χ1) is 7.79. The molecule has 0 spiro atoms. The van der Waals surface area contributed by atoms with Crippen LogP contribution in [0.2, 0.25) is 0 Å². The van der Waals surface area contributed by atoms with Crippen molar-refractivity contribution in [2.24, 2.45) is 7.05 Å². The van der Waals surface area contributed by atoms with E-state index in [2.05, 4.69) is 30.3 Å². The van der Waals surface area contributed by atoms with E-state index in [1.807, 2.05) is 17.9 Å². The van der Waals surface area contributed by atoms with E-state index in [4.69, 9.17) is 0 Å². The molecule has 3 heteroatoms. The number of aryl methyl sites for hydroxylation is 1. The molecule has 0 bridgehead atoms. The van der Waals surface area contributed by atoms with Crippen molar-refractivity contribution in [1.29, 1.82) is 0 Å². The zero-order valence-electron chi connectivity index (χ0n) is 10.9. The predicted octanol–water partition coefficient (Wildman–Crippen LogP) is 3.04. The van der Waals surface area contributed by atoms with E-state index >= 15 is 0 Å². The van der Waals surface area contributed by atoms with Crippen LogP contribution in [-0.2, 0) is 7.05 Å². The minimum absolute atomic E-state index is 0.471. The third-order valence-corrected chi connectivity index (χ3v) is 2.95. The Balaban J connectivity index is 2.53. The fourth-order valence-corrected chi connectivity index (χ4v) is 2.00. The number of unbranched alkanes of at least 4 members (excludes halogenated alkanes) is 2. The molecule has 1 aromatic heterocycles. The van der Waals surface area contributed by atoms with Crippen molar-refractivity contribution in [2.75, 3.05) is 6.54 Å². The lowest BCUT2D eigenvalue weighted by molar-refractivity contribution is 0.448. The van der Waals surface area contributed by atoms with Gasteiger partial charge in [-0.1, -0.05) is 33.1 Å². The number of nitrogens with zero attached hydrogens (tertiary/aromatic N) is 2. The van der Waals surface area contributed by atoms with Crippen molar-refractivity contribution in [3.63, 3.8) is 0 Å². The lowest BCUT2D eigenvalue weighted by atomic mass is 10.1. The standard InChI is InChI=1S/C13H25N3/c1-4-6-7-8-12(14-10-5-2)13-9-11-15-16(13)3/h9,11-12,14H,4-8,10H2,1-3H3. The van der Waals surface area contributed by atoms with Crippen LogP contribution >= 0.6 is 0 Å². The van der Waals surface area contributed by atoms with Crippen LogP contribution in [0.15, 0.2) is 12.3 Å². The normalized spacial score (nSPS) is 12.9. The van der Waals surface area contributed by atoms with Crippen LogP contribution in [-0.4, -0.2) is 16.3 Å². The Morgan fingerprint density at radius 3 is 2.69 bits per heavy atom. The lowest BCUT2D eigenvalue weighted by Crippen LogP contribution is -2.24. The van der Waals surface area contributed by atoms with Crippen molar-refractivity contribution in [3.8, 4) is 0 Å². The largest absolute Gasteiger partial charge is 0.309 e. The van der Waals surface area contributed by atoms with Crippen LogP contribution in [0.25, 0.3) is 0 Å². The van der Waals surface area contributed by atoms with Gasteiger partial charge in [0.25, 0.3) is 0 Å². The molecule has 0 radical (unpaired) electrons. The Labute approximate surface area is 99.2 Å². The van der Waals surface area contributed by atoms with Crippen LogP contribution in [0, 0.1) is 0 Å². The quantitative estimate of drug-likeness (QED) is 0.686. The van der Waals surface area contributed by atoms with Gasteiger partial charge in [0.1, 0.15) is 0 Å². The average Bonchev–Trinajstić information content (AvgIpc) is 2.70. The Morgan fingerprint density at radius 2 is 2.12 bits per heavy atom. The highest BCUT2D eigenvalue weighted by atomic mass is 15.3. The fraction of sp³-hybridized carbons (Fsp3) is 0.769. The van der Waals surface area contributed by atoms with Crippen molar-refractivity contribution in [3.05, 3.63) is 18.0 Å². The second-order valence-electron chi connectivity index (χ2n) is 4.38. The summed E-state index contributed by atoms with van der Waals surface area (Å²) in [4.78, 5) is 0. The van der Waals surface area contributed by atoms with Gasteiger partial charge in [-0.3, -0.25) is 4.68 Å². The van der Waals surface area contributed by atoms with E-state index < -0.39 is 0 Å². The molecular weight excluding hydrogens is 198 g/mol. The van der Waals surface area contributed by atoms with E-state index in [0.717, 1.165) is 6.54 Å². The van der Waals surface area contributed by atoms with Gasteiger partial charge in [-0.15, -0.1) is 0 Å². The molecule has 1 aromatic rings. The van der Waals surface area contributed by atoms with Gasteiger partial charge < -0.3 is 5.32 Å². The van der Waals surface area contributed by atoms with Crippen molar-refractivity contribution in [1.82, 2.24) is 15.1 Å². The van der Waals surface area contributed by atoms with Crippen molar-refractivity contribution in [2.45, 2.75) is 52.0 Å². The van der Waals surface area contributed by atoms with Gasteiger partial charge in [-0.05, 0) is 25.5 Å². The summed E-state index contributed by atoms with van der Waals surface area (Å²) in [7, 11) is 2.02. The lowest BCUT2D eigenvalue weighted by Gasteiger charge is -2.18. The SMILES string of the molecule is CCCCCC(NCCC)c1ccnn1C. The van der Waals surface area contributed by atoms with Gasteiger partial charge in [-0.2, -0.15) is 5.10 Å². The Morgan fingerprint density at radius 1 is 1.31 bits per heavy atom. The van der Waals surface area contributed by atoms with E-state index in [9.17, 15) is 0 Å². The third-order valence-electron chi connectivity index (χ3n) is 2.95. The molecule has 0 aliphatic rings. The molecule has 16 heavy (non-hydrogen) atoms. The number of aromatic nitrogens is 2. The van der Waals surface area contributed by atoms with Gasteiger partial charge >= 0.3 is 0 Å². The fourth-order valence-electron chi connectivity index (χ4n) is 2.00. The number of rotatable bonds is 8. The first-order valence-electron chi connectivity index (χ1n) is 6.50.